The lowest BCUT2D eigenvalue weighted by Crippen LogP contribution is -2.44. The number of nitrogens with zero attached hydrogens (tertiary/aromatic N) is 1. The third kappa shape index (κ3) is 4.02. The van der Waals surface area contributed by atoms with Crippen LogP contribution < -0.4 is 10.6 Å². The van der Waals surface area contributed by atoms with Crippen molar-refractivity contribution < 1.29 is 9.59 Å². The molecule has 5 nitrogen and oxygen atoms in total. The number of anilines is 1. The molecule has 0 spiro atoms. The fourth-order valence-electron chi connectivity index (χ4n) is 3.32. The molecule has 0 saturated heterocycles. The molecule has 0 bridgehead atoms. The summed E-state index contributed by atoms with van der Waals surface area (Å²) in [6.45, 7) is 4.79. The average molecular weight is 357 g/mol. The van der Waals surface area contributed by atoms with Gasteiger partial charge in [-0.2, -0.15) is 0 Å². The molecule has 3 amide bonds. The molecule has 1 atom stereocenters. The van der Waals surface area contributed by atoms with E-state index < -0.39 is 0 Å². The maximum atomic E-state index is 12.7. The number of nitrogens with one attached hydrogen (secondary N) is 2. The van der Waals surface area contributed by atoms with E-state index in [9.17, 15) is 9.59 Å². The Bertz CT molecular complexity index is 772. The Morgan fingerprint density at radius 2 is 2.16 bits per heavy atom. The zero-order chi connectivity index (χ0) is 17.8. The maximum absolute atomic E-state index is 12.7. The molecule has 2 aromatic rings. The summed E-state index contributed by atoms with van der Waals surface area (Å²) >= 11 is 1.78. The lowest BCUT2D eigenvalue weighted by molar-refractivity contribution is -0.114. The van der Waals surface area contributed by atoms with E-state index in [0.717, 1.165) is 30.6 Å². The first-order chi connectivity index (χ1) is 12.1. The molecule has 2 N–H and O–H groups in total. The number of rotatable bonds is 4. The summed E-state index contributed by atoms with van der Waals surface area (Å²) in [5.74, 6) is -0.105. The van der Waals surface area contributed by atoms with Gasteiger partial charge in [-0.3, -0.25) is 4.79 Å². The fraction of sp³-hybridized carbons (Fsp3) is 0.368. The van der Waals surface area contributed by atoms with Crippen LogP contribution in [0.4, 0.5) is 10.5 Å². The normalized spacial score (nSPS) is 16.2. The number of hydrogen-bond donors (Lipinski definition) is 2. The Labute approximate surface area is 152 Å². The summed E-state index contributed by atoms with van der Waals surface area (Å²) in [5, 5.41) is 7.89. The highest BCUT2D eigenvalue weighted by atomic mass is 32.1. The Kier molecular flexibility index (Phi) is 5.38. The second-order valence-corrected chi connectivity index (χ2v) is 7.21. The van der Waals surface area contributed by atoms with Crippen molar-refractivity contribution in [2.75, 3.05) is 11.9 Å². The van der Waals surface area contributed by atoms with Crippen molar-refractivity contribution in [3.05, 3.63) is 51.7 Å². The summed E-state index contributed by atoms with van der Waals surface area (Å²) in [7, 11) is 0. The first kappa shape index (κ1) is 17.5. The van der Waals surface area contributed by atoms with Crippen LogP contribution in [-0.2, 0) is 17.8 Å². The molecule has 132 valence electrons. The van der Waals surface area contributed by atoms with E-state index in [4.69, 9.17) is 0 Å². The van der Waals surface area contributed by atoms with Crippen LogP contribution in [0.3, 0.4) is 0 Å². The van der Waals surface area contributed by atoms with Crippen LogP contribution in [-0.4, -0.2) is 23.4 Å². The number of carbonyl (C=O) groups is 2. The van der Waals surface area contributed by atoms with E-state index in [0.29, 0.717) is 6.54 Å². The minimum absolute atomic E-state index is 0.0337. The highest BCUT2D eigenvalue weighted by Gasteiger charge is 2.30. The van der Waals surface area contributed by atoms with Gasteiger partial charge in [0.15, 0.2) is 0 Å². The number of urea groups is 1. The molecule has 1 aromatic heterocycles. The number of hydrogen-bond acceptors (Lipinski definition) is 3. The fourth-order valence-corrected chi connectivity index (χ4v) is 4.25. The van der Waals surface area contributed by atoms with Gasteiger partial charge in [-0.1, -0.05) is 19.1 Å². The predicted molar refractivity (Wildman–Crippen MR) is 101 cm³/mol. The van der Waals surface area contributed by atoms with Crippen molar-refractivity contribution in [1.29, 1.82) is 0 Å². The van der Waals surface area contributed by atoms with E-state index in [1.807, 2.05) is 29.2 Å². The van der Waals surface area contributed by atoms with Crippen LogP contribution in [0, 0.1) is 0 Å². The lowest BCUT2D eigenvalue weighted by atomic mass is 9.98. The van der Waals surface area contributed by atoms with Gasteiger partial charge in [-0.25, -0.2) is 4.79 Å². The molecule has 1 aliphatic heterocycles. The van der Waals surface area contributed by atoms with Crippen molar-refractivity contribution in [3.8, 4) is 0 Å². The Morgan fingerprint density at radius 3 is 2.92 bits per heavy atom. The molecular weight excluding hydrogens is 334 g/mol. The van der Waals surface area contributed by atoms with Gasteiger partial charge in [0.05, 0.1) is 6.04 Å². The Hall–Kier alpha value is -2.34. The van der Waals surface area contributed by atoms with Crippen LogP contribution >= 0.6 is 11.3 Å². The molecule has 6 heteroatoms. The SMILES string of the molecule is CC[C@@H]1c2ccsc2CCN1C(=O)NCc1cccc(NC(C)=O)c1. The molecule has 25 heavy (non-hydrogen) atoms. The molecule has 0 saturated carbocycles. The molecule has 3 rings (SSSR count). The zero-order valence-corrected chi connectivity index (χ0v) is 15.4. The first-order valence-electron chi connectivity index (χ1n) is 8.55. The second kappa shape index (κ2) is 7.70. The summed E-state index contributed by atoms with van der Waals surface area (Å²) in [6.07, 6.45) is 1.84. The topological polar surface area (TPSA) is 61.4 Å². The molecule has 1 aliphatic rings. The van der Waals surface area contributed by atoms with Gasteiger partial charge in [-0.15, -0.1) is 11.3 Å². The molecular formula is C19H23N3O2S. The molecule has 0 aliphatic carbocycles. The van der Waals surface area contributed by atoms with Crippen molar-refractivity contribution >= 4 is 29.0 Å². The highest BCUT2D eigenvalue weighted by Crippen LogP contribution is 2.35. The Morgan fingerprint density at radius 1 is 1.32 bits per heavy atom. The molecule has 0 unspecified atom stereocenters. The van der Waals surface area contributed by atoms with Gasteiger partial charge in [0.25, 0.3) is 0 Å². The van der Waals surface area contributed by atoms with Crippen LogP contribution in [0.15, 0.2) is 35.7 Å². The zero-order valence-electron chi connectivity index (χ0n) is 14.5. The van der Waals surface area contributed by atoms with Crippen LogP contribution in [0.25, 0.3) is 0 Å². The van der Waals surface area contributed by atoms with Crippen molar-refractivity contribution in [1.82, 2.24) is 10.2 Å². The van der Waals surface area contributed by atoms with Gasteiger partial charge in [0, 0.05) is 30.6 Å². The summed E-state index contributed by atoms with van der Waals surface area (Å²) in [4.78, 5) is 27.2. The van der Waals surface area contributed by atoms with Crippen molar-refractivity contribution in [2.24, 2.45) is 0 Å². The monoisotopic (exact) mass is 357 g/mol. The molecule has 1 aromatic carbocycles. The van der Waals surface area contributed by atoms with Gasteiger partial charge < -0.3 is 15.5 Å². The van der Waals surface area contributed by atoms with E-state index in [1.54, 1.807) is 11.3 Å². The summed E-state index contributed by atoms with van der Waals surface area (Å²) < 4.78 is 0. The highest BCUT2D eigenvalue weighted by molar-refractivity contribution is 7.10. The van der Waals surface area contributed by atoms with E-state index in [-0.39, 0.29) is 18.0 Å². The Balaban J connectivity index is 1.64. The minimum atomic E-state index is -0.105. The minimum Gasteiger partial charge on any atom is -0.334 e. The van der Waals surface area contributed by atoms with Crippen molar-refractivity contribution in [2.45, 2.75) is 39.3 Å². The van der Waals surface area contributed by atoms with Crippen LogP contribution in [0.1, 0.15) is 42.3 Å². The second-order valence-electron chi connectivity index (χ2n) is 6.21. The molecule has 2 heterocycles. The summed E-state index contributed by atoms with van der Waals surface area (Å²) in [6, 6.07) is 9.80. The largest absolute Gasteiger partial charge is 0.334 e. The van der Waals surface area contributed by atoms with E-state index in [1.165, 1.54) is 17.4 Å². The third-order valence-electron chi connectivity index (χ3n) is 4.43. The third-order valence-corrected chi connectivity index (χ3v) is 5.43. The number of amides is 3. The smallest absolute Gasteiger partial charge is 0.318 e. The standard InChI is InChI=1S/C19H23N3O2S/c1-3-17-16-8-10-25-18(16)7-9-22(17)19(24)20-12-14-5-4-6-15(11-14)21-13(2)23/h4-6,8,10-11,17H,3,7,9,12H2,1-2H3,(H,20,24)(H,21,23)/t17-/m1/s1. The quantitative estimate of drug-likeness (QED) is 0.871. The summed E-state index contributed by atoms with van der Waals surface area (Å²) in [5.41, 5.74) is 2.99. The number of carbonyl (C=O) groups excluding carboxylic acids is 2. The average Bonchev–Trinajstić information content (AvgIpc) is 3.07. The predicted octanol–water partition coefficient (Wildman–Crippen LogP) is 3.93. The van der Waals surface area contributed by atoms with Gasteiger partial charge in [0.1, 0.15) is 0 Å². The van der Waals surface area contributed by atoms with Crippen LogP contribution in [0.5, 0.6) is 0 Å². The number of fused-ring (bicyclic) bond motifs is 1. The lowest BCUT2D eigenvalue weighted by Gasteiger charge is -2.35. The molecule has 0 fully saturated rings. The van der Waals surface area contributed by atoms with Gasteiger partial charge in [0.2, 0.25) is 5.91 Å². The van der Waals surface area contributed by atoms with Crippen LogP contribution in [0.2, 0.25) is 0 Å². The van der Waals surface area contributed by atoms with Crippen molar-refractivity contribution in [3.63, 3.8) is 0 Å². The van der Waals surface area contributed by atoms with Gasteiger partial charge >= 0.3 is 6.03 Å². The maximum Gasteiger partial charge on any atom is 0.318 e. The van der Waals surface area contributed by atoms with E-state index in [2.05, 4.69) is 29.0 Å². The van der Waals surface area contributed by atoms with E-state index >= 15 is 0 Å². The van der Waals surface area contributed by atoms with Gasteiger partial charge in [-0.05, 0) is 47.5 Å². The first-order valence-corrected chi connectivity index (χ1v) is 9.43. The molecule has 0 radical (unpaired) electrons. The number of thiophene rings is 1. The number of benzene rings is 1.